The highest BCUT2D eigenvalue weighted by molar-refractivity contribution is 7.15. The van der Waals surface area contributed by atoms with E-state index in [2.05, 4.69) is 25.6 Å². The Labute approximate surface area is 187 Å². The fourth-order valence-corrected chi connectivity index (χ4v) is 4.71. The van der Waals surface area contributed by atoms with E-state index in [4.69, 9.17) is 16.6 Å². The minimum Gasteiger partial charge on any atom is -0.328 e. The van der Waals surface area contributed by atoms with Crippen LogP contribution in [-0.4, -0.2) is 24.5 Å². The number of pyridine rings is 2. The molecular weight excluding hydrogens is 430 g/mol. The van der Waals surface area contributed by atoms with Gasteiger partial charge in [-0.15, -0.1) is 11.3 Å². The number of imidazole rings is 1. The number of thiazole rings is 1. The van der Waals surface area contributed by atoms with Crippen molar-refractivity contribution < 1.29 is 0 Å². The number of nitrogens with one attached hydrogen (secondary N) is 1. The molecule has 0 amide bonds. The maximum atomic E-state index is 11.4. The van der Waals surface area contributed by atoms with Crippen LogP contribution in [0.5, 0.6) is 0 Å². The van der Waals surface area contributed by atoms with Crippen molar-refractivity contribution in [3.05, 3.63) is 97.8 Å². The maximum absolute atomic E-state index is 11.4. The van der Waals surface area contributed by atoms with Crippen LogP contribution in [0.1, 0.15) is 22.1 Å². The van der Waals surface area contributed by atoms with Gasteiger partial charge in [0.15, 0.2) is 0 Å². The number of aromatic nitrogens is 5. The topological polar surface area (TPSA) is 76.5 Å². The second-order valence-corrected chi connectivity index (χ2v) is 9.05. The van der Waals surface area contributed by atoms with Crippen LogP contribution >= 0.6 is 22.9 Å². The van der Waals surface area contributed by atoms with E-state index in [-0.39, 0.29) is 5.56 Å². The molecule has 4 heterocycles. The van der Waals surface area contributed by atoms with Gasteiger partial charge in [0.05, 0.1) is 28.3 Å². The standard InChI is InChI=1S/C23H18ClN5OS/c1-14-27-19(23(24)31-14)13-29-20-11-16(17-3-5-22(30)26-12-17)2-4-18(20)28-21(29)10-15-6-8-25-9-7-15/h2-9,11-12H,10,13H2,1H3,(H,26,30). The number of benzene rings is 1. The van der Waals surface area contributed by atoms with E-state index in [0.29, 0.717) is 17.3 Å². The average Bonchev–Trinajstić information content (AvgIpc) is 3.27. The van der Waals surface area contributed by atoms with Crippen molar-refractivity contribution in [3.8, 4) is 11.1 Å². The predicted octanol–water partition coefficient (Wildman–Crippen LogP) is 4.84. The van der Waals surface area contributed by atoms with E-state index in [1.165, 1.54) is 17.4 Å². The number of hydrogen-bond acceptors (Lipinski definition) is 5. The monoisotopic (exact) mass is 447 g/mol. The molecule has 5 aromatic rings. The molecule has 31 heavy (non-hydrogen) atoms. The van der Waals surface area contributed by atoms with Gasteiger partial charge in [-0.3, -0.25) is 9.78 Å². The van der Waals surface area contributed by atoms with Crippen molar-refractivity contribution in [2.75, 3.05) is 0 Å². The Balaban J connectivity index is 1.64. The van der Waals surface area contributed by atoms with Crippen LogP contribution in [-0.2, 0) is 13.0 Å². The molecule has 1 N–H and O–H groups in total. The number of halogens is 1. The summed E-state index contributed by atoms with van der Waals surface area (Å²) >= 11 is 7.93. The lowest BCUT2D eigenvalue weighted by Crippen LogP contribution is -2.07. The molecule has 1 aromatic carbocycles. The number of H-pyrrole nitrogens is 1. The lowest BCUT2D eigenvalue weighted by molar-refractivity contribution is 0.747. The summed E-state index contributed by atoms with van der Waals surface area (Å²) in [5.74, 6) is 0.932. The molecule has 0 spiro atoms. The average molecular weight is 448 g/mol. The van der Waals surface area contributed by atoms with Crippen LogP contribution in [0.25, 0.3) is 22.2 Å². The second kappa shape index (κ2) is 8.09. The molecule has 6 nitrogen and oxygen atoms in total. The summed E-state index contributed by atoms with van der Waals surface area (Å²) in [7, 11) is 0. The molecule has 0 atom stereocenters. The number of hydrogen-bond donors (Lipinski definition) is 1. The molecule has 5 rings (SSSR count). The molecule has 0 saturated heterocycles. The molecule has 0 radical (unpaired) electrons. The Morgan fingerprint density at radius 3 is 2.58 bits per heavy atom. The Morgan fingerprint density at radius 1 is 1.06 bits per heavy atom. The van der Waals surface area contributed by atoms with Gasteiger partial charge in [0, 0.05) is 31.1 Å². The molecule has 0 aliphatic heterocycles. The van der Waals surface area contributed by atoms with Gasteiger partial charge >= 0.3 is 0 Å². The summed E-state index contributed by atoms with van der Waals surface area (Å²) in [6, 6.07) is 13.5. The van der Waals surface area contributed by atoms with E-state index >= 15 is 0 Å². The second-order valence-electron chi connectivity index (χ2n) is 7.24. The molecule has 154 valence electrons. The first kappa shape index (κ1) is 19.7. The molecule has 0 fully saturated rings. The largest absolute Gasteiger partial charge is 0.328 e. The number of rotatable bonds is 5. The Morgan fingerprint density at radius 2 is 1.87 bits per heavy atom. The first-order valence-corrected chi connectivity index (χ1v) is 11.0. The summed E-state index contributed by atoms with van der Waals surface area (Å²) in [4.78, 5) is 27.8. The molecule has 0 unspecified atom stereocenters. The van der Waals surface area contributed by atoms with E-state index in [1.54, 1.807) is 18.6 Å². The smallest absolute Gasteiger partial charge is 0.247 e. The lowest BCUT2D eigenvalue weighted by Gasteiger charge is -2.09. The molecule has 0 aliphatic rings. The van der Waals surface area contributed by atoms with E-state index < -0.39 is 0 Å². The molecule has 8 heteroatoms. The van der Waals surface area contributed by atoms with Crippen molar-refractivity contribution in [1.29, 1.82) is 0 Å². The van der Waals surface area contributed by atoms with Gasteiger partial charge in [0.1, 0.15) is 10.2 Å². The zero-order valence-corrected chi connectivity index (χ0v) is 18.2. The fraction of sp³-hybridized carbons (Fsp3) is 0.130. The molecule has 0 aliphatic carbocycles. The SMILES string of the molecule is Cc1nc(Cn2c(Cc3ccncc3)nc3ccc(-c4ccc(=O)[nH]c4)cc32)c(Cl)s1. The summed E-state index contributed by atoms with van der Waals surface area (Å²) in [6.45, 7) is 2.49. The van der Waals surface area contributed by atoms with Crippen LogP contribution in [0, 0.1) is 6.92 Å². The summed E-state index contributed by atoms with van der Waals surface area (Å²) in [5, 5.41) is 0.939. The van der Waals surface area contributed by atoms with Crippen molar-refractivity contribution >= 4 is 34.0 Å². The summed E-state index contributed by atoms with van der Waals surface area (Å²) < 4.78 is 2.87. The van der Waals surface area contributed by atoms with Crippen molar-refractivity contribution in [1.82, 2.24) is 24.5 Å². The number of aryl methyl sites for hydroxylation is 1. The van der Waals surface area contributed by atoms with Gasteiger partial charge in [-0.1, -0.05) is 17.7 Å². The molecule has 4 aromatic heterocycles. The van der Waals surface area contributed by atoms with Gasteiger partial charge in [0.25, 0.3) is 0 Å². The van der Waals surface area contributed by atoms with Gasteiger partial charge in [-0.05, 0) is 53.9 Å². The third-order valence-corrected chi connectivity index (χ3v) is 6.37. The van der Waals surface area contributed by atoms with Crippen molar-refractivity contribution in [2.24, 2.45) is 0 Å². The Bertz CT molecular complexity index is 1420. The molecule has 0 bridgehead atoms. The summed E-state index contributed by atoms with van der Waals surface area (Å²) in [6.07, 6.45) is 5.98. The normalized spacial score (nSPS) is 11.3. The highest BCUT2D eigenvalue weighted by Gasteiger charge is 2.16. The van der Waals surface area contributed by atoms with Gasteiger partial charge in [0.2, 0.25) is 5.56 Å². The van der Waals surface area contributed by atoms with Gasteiger partial charge in [-0.2, -0.15) is 0 Å². The van der Waals surface area contributed by atoms with Crippen molar-refractivity contribution in [2.45, 2.75) is 19.9 Å². The van der Waals surface area contributed by atoms with Gasteiger partial charge < -0.3 is 9.55 Å². The number of nitrogens with zero attached hydrogens (tertiary/aromatic N) is 4. The van der Waals surface area contributed by atoms with Crippen LogP contribution in [0.4, 0.5) is 0 Å². The highest BCUT2D eigenvalue weighted by atomic mass is 35.5. The van der Waals surface area contributed by atoms with E-state index in [0.717, 1.165) is 44.2 Å². The van der Waals surface area contributed by atoms with Crippen LogP contribution in [0.2, 0.25) is 4.34 Å². The zero-order valence-electron chi connectivity index (χ0n) is 16.7. The van der Waals surface area contributed by atoms with Crippen LogP contribution in [0.15, 0.2) is 65.8 Å². The number of fused-ring (bicyclic) bond motifs is 1. The molecule has 0 saturated carbocycles. The van der Waals surface area contributed by atoms with Crippen LogP contribution < -0.4 is 5.56 Å². The highest BCUT2D eigenvalue weighted by Crippen LogP contribution is 2.29. The minimum atomic E-state index is -0.122. The number of aromatic amines is 1. The van der Waals surface area contributed by atoms with E-state index in [9.17, 15) is 4.79 Å². The first-order valence-electron chi connectivity index (χ1n) is 9.76. The first-order chi connectivity index (χ1) is 15.1. The third kappa shape index (κ3) is 4.02. The van der Waals surface area contributed by atoms with E-state index in [1.807, 2.05) is 37.3 Å². The van der Waals surface area contributed by atoms with Crippen LogP contribution in [0.3, 0.4) is 0 Å². The zero-order chi connectivity index (χ0) is 21.4. The Hall–Kier alpha value is -3.29. The minimum absolute atomic E-state index is 0.122. The third-order valence-electron chi connectivity index (χ3n) is 5.12. The predicted molar refractivity (Wildman–Crippen MR) is 124 cm³/mol. The fourth-order valence-electron chi connectivity index (χ4n) is 3.63. The summed E-state index contributed by atoms with van der Waals surface area (Å²) in [5.41, 5.74) is 5.69. The molecular formula is C23H18ClN5OS. The van der Waals surface area contributed by atoms with Gasteiger partial charge in [-0.25, -0.2) is 9.97 Å². The Kier molecular flexibility index (Phi) is 5.13. The lowest BCUT2D eigenvalue weighted by atomic mass is 10.1. The maximum Gasteiger partial charge on any atom is 0.247 e. The quantitative estimate of drug-likeness (QED) is 0.418. The van der Waals surface area contributed by atoms with Crippen molar-refractivity contribution in [3.63, 3.8) is 0 Å².